The Balaban J connectivity index is 1.56. The van der Waals surface area contributed by atoms with Crippen LogP contribution in [0.2, 0.25) is 0 Å². The molecule has 5 atom stereocenters. The molecular formula is C25H27N3O4. The van der Waals surface area contributed by atoms with E-state index in [4.69, 9.17) is 0 Å². The van der Waals surface area contributed by atoms with Gasteiger partial charge < -0.3 is 10.4 Å². The highest BCUT2D eigenvalue weighted by Gasteiger charge is 2.71. The van der Waals surface area contributed by atoms with Gasteiger partial charge in [0.25, 0.3) is 0 Å². The normalized spacial score (nSPS) is 29.4. The smallest absolute Gasteiger partial charge is 0.250 e. The molecule has 7 heteroatoms. The van der Waals surface area contributed by atoms with Crippen molar-refractivity contribution in [3.63, 3.8) is 0 Å². The molecule has 3 aliphatic heterocycles. The summed E-state index contributed by atoms with van der Waals surface area (Å²) in [4.78, 5) is 41.8. The number of amides is 3. The van der Waals surface area contributed by atoms with Gasteiger partial charge >= 0.3 is 0 Å². The van der Waals surface area contributed by atoms with E-state index in [2.05, 4.69) is 10.6 Å². The zero-order valence-electron chi connectivity index (χ0n) is 18.2. The second-order valence-corrected chi connectivity index (χ2v) is 8.97. The maximum absolute atomic E-state index is 13.7. The molecule has 2 fully saturated rings. The lowest BCUT2D eigenvalue weighted by Crippen LogP contribution is -2.55. The van der Waals surface area contributed by atoms with Crippen molar-refractivity contribution in [3.05, 3.63) is 65.2 Å². The lowest BCUT2D eigenvalue weighted by molar-refractivity contribution is -0.143. The molecule has 0 aliphatic carbocycles. The molecule has 3 heterocycles. The van der Waals surface area contributed by atoms with Gasteiger partial charge in [0.1, 0.15) is 5.54 Å². The molecule has 0 bridgehead atoms. The monoisotopic (exact) mass is 433 g/mol. The average molecular weight is 434 g/mol. The summed E-state index contributed by atoms with van der Waals surface area (Å²) in [5.41, 5.74) is 2.04. The molecular weight excluding hydrogens is 406 g/mol. The van der Waals surface area contributed by atoms with Crippen molar-refractivity contribution < 1.29 is 19.5 Å². The van der Waals surface area contributed by atoms with Gasteiger partial charge in [0.15, 0.2) is 0 Å². The van der Waals surface area contributed by atoms with Crippen molar-refractivity contribution in [2.75, 3.05) is 11.9 Å². The quantitative estimate of drug-likeness (QED) is 0.622. The minimum absolute atomic E-state index is 0.251. The highest BCUT2D eigenvalue weighted by atomic mass is 16.3. The number of aryl methyl sites for hydroxylation is 1. The average Bonchev–Trinajstić information content (AvgIpc) is 3.38. The summed E-state index contributed by atoms with van der Waals surface area (Å²) in [6.07, 6.45) is 0.417. The molecule has 0 radical (unpaired) electrons. The minimum Gasteiger partial charge on any atom is -0.392 e. The number of anilines is 1. The number of rotatable bonds is 5. The van der Waals surface area contributed by atoms with Crippen LogP contribution < -0.4 is 10.6 Å². The number of carbonyl (C=O) groups is 3. The Morgan fingerprint density at radius 2 is 1.81 bits per heavy atom. The number of benzene rings is 2. The first kappa shape index (κ1) is 20.8. The Bertz CT molecular complexity index is 1100. The van der Waals surface area contributed by atoms with E-state index in [1.807, 2.05) is 55.5 Å². The van der Waals surface area contributed by atoms with Gasteiger partial charge in [0, 0.05) is 23.8 Å². The minimum atomic E-state index is -1.36. The van der Waals surface area contributed by atoms with Gasteiger partial charge in [-0.1, -0.05) is 49.4 Å². The standard InChI is InChI=1S/C25H27N3O4/c1-3-15-9-10-18-17(13-15)25(24(32)26-18)20-19(21(27-25)14(2)29)22(30)28(23(20)31)12-11-16-7-5-4-6-8-16/h4-10,13-14,19-21,27,29H,3,11-12H2,1-2H3,(H,26,32)/t14-,19-,20-,21-,25+/m0/s1. The van der Waals surface area contributed by atoms with E-state index in [1.165, 1.54) is 4.90 Å². The summed E-state index contributed by atoms with van der Waals surface area (Å²) in [7, 11) is 0. The third-order valence-electron chi connectivity index (χ3n) is 7.20. The zero-order chi connectivity index (χ0) is 22.6. The Hall–Kier alpha value is -3.03. The van der Waals surface area contributed by atoms with E-state index < -0.39 is 29.5 Å². The molecule has 3 N–H and O–H groups in total. The largest absolute Gasteiger partial charge is 0.392 e. The molecule has 5 rings (SSSR count). The number of nitrogens with zero attached hydrogens (tertiary/aromatic N) is 1. The molecule has 32 heavy (non-hydrogen) atoms. The zero-order valence-corrected chi connectivity index (χ0v) is 18.2. The van der Waals surface area contributed by atoms with Crippen molar-refractivity contribution in [2.45, 2.75) is 44.4 Å². The first-order valence-electron chi connectivity index (χ1n) is 11.2. The predicted octanol–water partition coefficient (Wildman–Crippen LogP) is 1.59. The van der Waals surface area contributed by atoms with Crippen molar-refractivity contribution in [1.29, 1.82) is 0 Å². The molecule has 2 aromatic rings. The highest BCUT2D eigenvalue weighted by molar-refractivity contribution is 6.15. The Morgan fingerprint density at radius 1 is 1.06 bits per heavy atom. The molecule has 1 spiro atoms. The Labute approximate surface area is 186 Å². The third kappa shape index (κ3) is 2.84. The van der Waals surface area contributed by atoms with E-state index in [9.17, 15) is 19.5 Å². The van der Waals surface area contributed by atoms with Crippen LogP contribution in [0, 0.1) is 11.8 Å². The van der Waals surface area contributed by atoms with E-state index in [-0.39, 0.29) is 24.3 Å². The van der Waals surface area contributed by atoms with Gasteiger partial charge in [0.05, 0.1) is 17.9 Å². The molecule has 3 amide bonds. The van der Waals surface area contributed by atoms with Crippen LogP contribution in [0.15, 0.2) is 48.5 Å². The summed E-state index contributed by atoms with van der Waals surface area (Å²) in [5, 5.41) is 16.6. The number of hydrogen-bond acceptors (Lipinski definition) is 5. The van der Waals surface area contributed by atoms with Gasteiger partial charge in [-0.15, -0.1) is 0 Å². The van der Waals surface area contributed by atoms with Crippen LogP contribution in [-0.4, -0.2) is 46.4 Å². The lowest BCUT2D eigenvalue weighted by Gasteiger charge is -2.30. The van der Waals surface area contributed by atoms with Crippen molar-refractivity contribution in [1.82, 2.24) is 10.2 Å². The summed E-state index contributed by atoms with van der Waals surface area (Å²) in [6.45, 7) is 3.87. The molecule has 0 saturated carbocycles. The first-order chi connectivity index (χ1) is 15.4. The van der Waals surface area contributed by atoms with E-state index >= 15 is 0 Å². The second-order valence-electron chi connectivity index (χ2n) is 8.97. The molecule has 2 saturated heterocycles. The number of aliphatic hydroxyl groups excluding tert-OH is 1. The fraction of sp³-hybridized carbons (Fsp3) is 0.400. The third-order valence-corrected chi connectivity index (χ3v) is 7.20. The number of aliphatic hydroxyl groups is 1. The van der Waals surface area contributed by atoms with Gasteiger partial charge in [-0.3, -0.25) is 24.6 Å². The number of hydrogen-bond donors (Lipinski definition) is 3. The molecule has 166 valence electrons. The van der Waals surface area contributed by atoms with E-state index in [0.717, 1.165) is 17.5 Å². The topological polar surface area (TPSA) is 98.7 Å². The Morgan fingerprint density at radius 3 is 2.50 bits per heavy atom. The van der Waals surface area contributed by atoms with Crippen LogP contribution in [0.4, 0.5) is 5.69 Å². The van der Waals surface area contributed by atoms with E-state index in [0.29, 0.717) is 17.7 Å². The maximum atomic E-state index is 13.7. The molecule has 2 aromatic carbocycles. The van der Waals surface area contributed by atoms with Crippen molar-refractivity contribution in [2.24, 2.45) is 11.8 Å². The summed E-state index contributed by atoms with van der Waals surface area (Å²) < 4.78 is 0. The Kier molecular flexibility index (Phi) is 4.91. The van der Waals surface area contributed by atoms with Crippen LogP contribution in [0.25, 0.3) is 0 Å². The van der Waals surface area contributed by atoms with Crippen LogP contribution in [-0.2, 0) is 32.8 Å². The van der Waals surface area contributed by atoms with Gasteiger partial charge in [-0.05, 0) is 37.0 Å². The highest BCUT2D eigenvalue weighted by Crippen LogP contribution is 2.53. The van der Waals surface area contributed by atoms with Gasteiger partial charge in [-0.25, -0.2) is 0 Å². The number of nitrogens with one attached hydrogen (secondary N) is 2. The maximum Gasteiger partial charge on any atom is 0.250 e. The number of likely N-dealkylation sites (tertiary alicyclic amines) is 1. The van der Waals surface area contributed by atoms with Crippen LogP contribution in [0.3, 0.4) is 0 Å². The van der Waals surface area contributed by atoms with Crippen LogP contribution in [0.5, 0.6) is 0 Å². The number of fused-ring (bicyclic) bond motifs is 4. The number of carbonyl (C=O) groups excluding carboxylic acids is 3. The lowest BCUT2D eigenvalue weighted by atomic mass is 9.76. The van der Waals surface area contributed by atoms with E-state index in [1.54, 1.807) is 6.92 Å². The SMILES string of the molecule is CCc1ccc2c(c1)[C@]1(N[C@@H]([C@H](C)O)[C@H]3C(=O)N(CCc4ccccc4)C(=O)[C@H]31)C(=O)N2. The predicted molar refractivity (Wildman–Crippen MR) is 119 cm³/mol. The van der Waals surface area contributed by atoms with Gasteiger partial charge in [0.2, 0.25) is 17.7 Å². The van der Waals surface area contributed by atoms with Crippen molar-refractivity contribution in [3.8, 4) is 0 Å². The molecule has 0 unspecified atom stereocenters. The molecule has 0 aromatic heterocycles. The summed E-state index contributed by atoms with van der Waals surface area (Å²) in [5.74, 6) is -2.69. The molecule has 7 nitrogen and oxygen atoms in total. The molecule has 3 aliphatic rings. The summed E-state index contributed by atoms with van der Waals surface area (Å²) in [6, 6.07) is 14.7. The van der Waals surface area contributed by atoms with Crippen LogP contribution in [0.1, 0.15) is 30.5 Å². The fourth-order valence-corrected chi connectivity index (χ4v) is 5.58. The van der Waals surface area contributed by atoms with Gasteiger partial charge in [-0.2, -0.15) is 0 Å². The van der Waals surface area contributed by atoms with Crippen LogP contribution >= 0.6 is 0 Å². The second kappa shape index (κ2) is 7.53. The summed E-state index contributed by atoms with van der Waals surface area (Å²) >= 11 is 0. The first-order valence-corrected chi connectivity index (χ1v) is 11.2. The van der Waals surface area contributed by atoms with Crippen molar-refractivity contribution >= 4 is 23.4 Å². The number of imide groups is 1. The fourth-order valence-electron chi connectivity index (χ4n) is 5.58.